The van der Waals surface area contributed by atoms with Crippen LogP contribution >= 0.6 is 11.3 Å². The van der Waals surface area contributed by atoms with Crippen LogP contribution in [0.2, 0.25) is 0 Å². The lowest BCUT2D eigenvalue weighted by atomic mass is 10.2. The van der Waals surface area contributed by atoms with Gasteiger partial charge in [0.05, 0.1) is 10.9 Å². The summed E-state index contributed by atoms with van der Waals surface area (Å²) < 4.78 is 28.8. The van der Waals surface area contributed by atoms with Crippen molar-refractivity contribution in [2.24, 2.45) is 0 Å². The molecule has 0 radical (unpaired) electrons. The molecule has 0 saturated carbocycles. The fourth-order valence-corrected chi connectivity index (χ4v) is 4.66. The molecule has 0 aliphatic rings. The summed E-state index contributed by atoms with van der Waals surface area (Å²) in [5.41, 5.74) is 1.04. The second-order valence-electron chi connectivity index (χ2n) is 5.34. The zero-order valence-corrected chi connectivity index (χ0v) is 14.0. The first-order valence-corrected chi connectivity index (χ1v) is 9.33. The Kier molecular flexibility index (Phi) is 4.04. The molecule has 3 nitrogen and oxygen atoms in total. The third-order valence-corrected chi connectivity index (χ3v) is 6.39. The number of nitrogens with one attached hydrogen (secondary N) is 1. The van der Waals surface area contributed by atoms with Crippen molar-refractivity contribution in [3.05, 3.63) is 65.0 Å². The minimum Gasteiger partial charge on any atom is -0.207 e. The van der Waals surface area contributed by atoms with Crippen molar-refractivity contribution in [2.75, 3.05) is 0 Å². The van der Waals surface area contributed by atoms with E-state index in [-0.39, 0.29) is 6.04 Å². The number of hydrogen-bond acceptors (Lipinski definition) is 3. The molecule has 1 N–H and O–H groups in total. The third-order valence-electron chi connectivity index (χ3n) is 3.53. The second kappa shape index (κ2) is 5.83. The first-order valence-electron chi connectivity index (χ1n) is 7.03. The SMILES string of the molecule is Cc1ccc(S(=O)(=O)N[C@H](C)c2cc3ccccc3s2)cc1. The molecule has 114 valence electrons. The zero-order valence-electron chi connectivity index (χ0n) is 12.4. The van der Waals surface area contributed by atoms with Crippen molar-refractivity contribution >= 4 is 31.4 Å². The minimum absolute atomic E-state index is 0.260. The van der Waals surface area contributed by atoms with E-state index in [9.17, 15) is 8.42 Å². The molecule has 5 heteroatoms. The largest absolute Gasteiger partial charge is 0.241 e. The van der Waals surface area contributed by atoms with Crippen LogP contribution in [-0.4, -0.2) is 8.42 Å². The second-order valence-corrected chi connectivity index (χ2v) is 8.17. The Labute approximate surface area is 134 Å². The van der Waals surface area contributed by atoms with Gasteiger partial charge in [0, 0.05) is 9.58 Å². The van der Waals surface area contributed by atoms with E-state index >= 15 is 0 Å². The Morgan fingerprint density at radius 2 is 1.73 bits per heavy atom. The summed E-state index contributed by atoms with van der Waals surface area (Å²) in [5, 5.41) is 1.14. The van der Waals surface area contributed by atoms with Crippen LogP contribution in [0.25, 0.3) is 10.1 Å². The lowest BCUT2D eigenvalue weighted by Gasteiger charge is -2.12. The summed E-state index contributed by atoms with van der Waals surface area (Å²) in [6, 6.07) is 16.7. The van der Waals surface area contributed by atoms with Gasteiger partial charge >= 0.3 is 0 Å². The maximum Gasteiger partial charge on any atom is 0.241 e. The average Bonchev–Trinajstić information content (AvgIpc) is 2.91. The molecule has 1 heterocycles. The Morgan fingerprint density at radius 1 is 1.05 bits per heavy atom. The predicted molar refractivity (Wildman–Crippen MR) is 91.7 cm³/mol. The molecule has 22 heavy (non-hydrogen) atoms. The average molecular weight is 331 g/mol. The van der Waals surface area contributed by atoms with E-state index in [4.69, 9.17) is 0 Å². The normalized spacial score (nSPS) is 13.4. The van der Waals surface area contributed by atoms with Gasteiger partial charge < -0.3 is 0 Å². The quantitative estimate of drug-likeness (QED) is 0.777. The van der Waals surface area contributed by atoms with Crippen LogP contribution in [0.3, 0.4) is 0 Å². The van der Waals surface area contributed by atoms with Gasteiger partial charge in [-0.15, -0.1) is 11.3 Å². The molecule has 3 aromatic rings. The summed E-state index contributed by atoms with van der Waals surface area (Å²) in [6.45, 7) is 3.81. The fourth-order valence-electron chi connectivity index (χ4n) is 2.29. The van der Waals surface area contributed by atoms with Crippen molar-refractivity contribution < 1.29 is 8.42 Å². The summed E-state index contributed by atoms with van der Waals surface area (Å²) >= 11 is 1.62. The molecule has 1 atom stereocenters. The van der Waals surface area contributed by atoms with E-state index in [2.05, 4.69) is 4.72 Å². The molecular formula is C17H17NO2S2. The number of aryl methyl sites for hydroxylation is 1. The van der Waals surface area contributed by atoms with Crippen LogP contribution < -0.4 is 4.72 Å². The number of benzene rings is 2. The molecular weight excluding hydrogens is 314 g/mol. The predicted octanol–water partition coefficient (Wildman–Crippen LogP) is 4.25. The van der Waals surface area contributed by atoms with Crippen LogP contribution in [0.4, 0.5) is 0 Å². The molecule has 3 rings (SSSR count). The summed E-state index contributed by atoms with van der Waals surface area (Å²) in [4.78, 5) is 1.31. The Bertz CT molecular complexity index is 863. The van der Waals surface area contributed by atoms with Gasteiger partial charge in [-0.3, -0.25) is 0 Å². The third kappa shape index (κ3) is 3.06. The van der Waals surface area contributed by atoms with E-state index in [1.165, 1.54) is 4.70 Å². The van der Waals surface area contributed by atoms with Crippen molar-refractivity contribution in [3.8, 4) is 0 Å². The first kappa shape index (κ1) is 15.2. The molecule has 0 spiro atoms. The molecule has 0 aliphatic heterocycles. The topological polar surface area (TPSA) is 46.2 Å². The van der Waals surface area contributed by atoms with E-state index in [0.29, 0.717) is 4.90 Å². The van der Waals surface area contributed by atoms with Gasteiger partial charge in [0.2, 0.25) is 10.0 Å². The monoisotopic (exact) mass is 331 g/mol. The minimum atomic E-state index is -3.51. The molecule has 0 saturated heterocycles. The lowest BCUT2D eigenvalue weighted by Crippen LogP contribution is -2.26. The van der Waals surface area contributed by atoms with Gasteiger partial charge in [0.1, 0.15) is 0 Å². The first-order chi connectivity index (χ1) is 10.5. The van der Waals surface area contributed by atoms with Crippen LogP contribution in [0.15, 0.2) is 59.5 Å². The van der Waals surface area contributed by atoms with E-state index in [1.54, 1.807) is 35.6 Å². The van der Waals surface area contributed by atoms with E-state index < -0.39 is 10.0 Å². The van der Waals surface area contributed by atoms with Crippen molar-refractivity contribution in [2.45, 2.75) is 24.8 Å². The van der Waals surface area contributed by atoms with Crippen molar-refractivity contribution in [1.29, 1.82) is 0 Å². The fraction of sp³-hybridized carbons (Fsp3) is 0.176. The standard InChI is InChI=1S/C17H17NO2S2/c1-12-7-9-15(10-8-12)22(19,20)18-13(2)17-11-14-5-3-4-6-16(14)21-17/h3-11,13,18H,1-2H3/t13-/m1/s1. The molecule has 0 bridgehead atoms. The maximum absolute atomic E-state index is 12.4. The molecule has 1 aromatic heterocycles. The highest BCUT2D eigenvalue weighted by Gasteiger charge is 2.19. The Hall–Kier alpha value is -1.69. The Morgan fingerprint density at radius 3 is 2.41 bits per heavy atom. The Balaban J connectivity index is 1.86. The van der Waals surface area contributed by atoms with Crippen LogP contribution in [0.5, 0.6) is 0 Å². The number of thiophene rings is 1. The molecule has 0 amide bonds. The van der Waals surface area contributed by atoms with Crippen LogP contribution in [0.1, 0.15) is 23.4 Å². The van der Waals surface area contributed by atoms with E-state index in [0.717, 1.165) is 15.8 Å². The van der Waals surface area contributed by atoms with Gasteiger partial charge in [-0.2, -0.15) is 0 Å². The highest BCUT2D eigenvalue weighted by molar-refractivity contribution is 7.89. The highest BCUT2D eigenvalue weighted by atomic mass is 32.2. The zero-order chi connectivity index (χ0) is 15.7. The van der Waals surface area contributed by atoms with E-state index in [1.807, 2.05) is 44.2 Å². The number of hydrogen-bond donors (Lipinski definition) is 1. The van der Waals surface area contributed by atoms with Gasteiger partial charge in [-0.05, 0) is 43.5 Å². The number of rotatable bonds is 4. The van der Waals surface area contributed by atoms with Crippen LogP contribution in [0, 0.1) is 6.92 Å². The molecule has 0 aliphatic carbocycles. The van der Waals surface area contributed by atoms with Crippen molar-refractivity contribution in [3.63, 3.8) is 0 Å². The smallest absolute Gasteiger partial charge is 0.207 e. The van der Waals surface area contributed by atoms with Crippen LogP contribution in [-0.2, 0) is 10.0 Å². The van der Waals surface area contributed by atoms with Gasteiger partial charge in [-0.1, -0.05) is 35.9 Å². The molecule has 0 fully saturated rings. The maximum atomic E-state index is 12.4. The summed E-state index contributed by atoms with van der Waals surface area (Å²) in [6.07, 6.45) is 0. The lowest BCUT2D eigenvalue weighted by molar-refractivity contribution is 0.568. The number of fused-ring (bicyclic) bond motifs is 1. The van der Waals surface area contributed by atoms with Gasteiger partial charge in [0.15, 0.2) is 0 Å². The number of sulfonamides is 1. The highest BCUT2D eigenvalue weighted by Crippen LogP contribution is 2.30. The summed E-state index contributed by atoms with van der Waals surface area (Å²) in [7, 11) is -3.51. The van der Waals surface area contributed by atoms with Crippen molar-refractivity contribution in [1.82, 2.24) is 4.72 Å². The molecule has 0 unspecified atom stereocenters. The van der Waals surface area contributed by atoms with Gasteiger partial charge in [-0.25, -0.2) is 13.1 Å². The summed E-state index contributed by atoms with van der Waals surface area (Å²) in [5.74, 6) is 0. The molecule has 2 aromatic carbocycles. The van der Waals surface area contributed by atoms with Gasteiger partial charge in [0.25, 0.3) is 0 Å².